The molecule has 1 aliphatic heterocycles. The number of piperidine rings is 1. The number of anilines is 1. The van der Waals surface area contributed by atoms with E-state index < -0.39 is 0 Å². The van der Waals surface area contributed by atoms with Crippen LogP contribution >= 0.6 is 0 Å². The number of nitriles is 2. The van der Waals surface area contributed by atoms with Gasteiger partial charge in [-0.05, 0) is 49.6 Å². The van der Waals surface area contributed by atoms with Crippen molar-refractivity contribution in [3.63, 3.8) is 0 Å². The number of aromatic nitrogens is 3. The summed E-state index contributed by atoms with van der Waals surface area (Å²) in [4.78, 5) is 24.2. The van der Waals surface area contributed by atoms with Gasteiger partial charge in [0.1, 0.15) is 34.4 Å². The zero-order valence-corrected chi connectivity index (χ0v) is 18.7. The van der Waals surface area contributed by atoms with Gasteiger partial charge in [0.05, 0.1) is 11.2 Å². The summed E-state index contributed by atoms with van der Waals surface area (Å²) in [5.74, 6) is 0.710. The van der Waals surface area contributed by atoms with Crippen LogP contribution in [-0.4, -0.2) is 27.6 Å². The van der Waals surface area contributed by atoms with E-state index in [0.717, 1.165) is 29.5 Å². The SMILES string of the molecule is Cc1ccc2oc(C3(C)CCN(c4c(C#N)c(=O)n(C)c5ccc(C#N)nc45)CC3)nc2c1. The zero-order chi connectivity index (χ0) is 23.3. The number of hydrogen-bond acceptors (Lipinski definition) is 7. The number of nitrogens with zero attached hydrogens (tertiary/aromatic N) is 6. The van der Waals surface area contributed by atoms with E-state index >= 15 is 0 Å². The van der Waals surface area contributed by atoms with Crippen molar-refractivity contribution in [2.75, 3.05) is 18.0 Å². The Labute approximate surface area is 190 Å². The van der Waals surface area contributed by atoms with Crippen molar-refractivity contribution in [2.45, 2.75) is 32.1 Å². The van der Waals surface area contributed by atoms with Crippen LogP contribution in [0, 0.1) is 29.6 Å². The Kier molecular flexibility index (Phi) is 4.68. The van der Waals surface area contributed by atoms with Gasteiger partial charge in [0.25, 0.3) is 5.56 Å². The first kappa shape index (κ1) is 20.7. The smallest absolute Gasteiger partial charge is 0.270 e. The molecule has 33 heavy (non-hydrogen) atoms. The summed E-state index contributed by atoms with van der Waals surface area (Å²) in [5.41, 5.74) is 4.01. The van der Waals surface area contributed by atoms with Gasteiger partial charge in [0, 0.05) is 25.6 Å². The molecule has 0 N–H and O–H groups in total. The van der Waals surface area contributed by atoms with Crippen molar-refractivity contribution in [1.29, 1.82) is 10.5 Å². The van der Waals surface area contributed by atoms with Crippen molar-refractivity contribution in [2.24, 2.45) is 7.05 Å². The standard InChI is InChI=1S/C25H22N6O2/c1-15-4-7-20-18(12-15)29-24(33-20)25(2)8-10-31(11-9-25)22-17(14-27)23(32)30(3)19-6-5-16(13-26)28-21(19)22/h4-7,12H,8-11H2,1-3H3. The van der Waals surface area contributed by atoms with Gasteiger partial charge in [-0.1, -0.05) is 13.0 Å². The summed E-state index contributed by atoms with van der Waals surface area (Å²) in [7, 11) is 1.62. The minimum atomic E-state index is -0.367. The predicted octanol–water partition coefficient (Wildman–Crippen LogP) is 3.68. The van der Waals surface area contributed by atoms with Crippen molar-refractivity contribution >= 4 is 27.8 Å². The largest absolute Gasteiger partial charge is 0.440 e. The lowest BCUT2D eigenvalue weighted by molar-refractivity contribution is 0.292. The number of hydrogen-bond donors (Lipinski definition) is 0. The number of aryl methyl sites for hydroxylation is 2. The topological polar surface area (TPSA) is 112 Å². The van der Waals surface area contributed by atoms with Crippen molar-refractivity contribution < 1.29 is 4.42 Å². The molecule has 4 aromatic rings. The van der Waals surface area contributed by atoms with Crippen LogP contribution in [0.2, 0.25) is 0 Å². The second kappa shape index (κ2) is 7.46. The maximum absolute atomic E-state index is 12.9. The molecule has 8 heteroatoms. The maximum atomic E-state index is 12.9. The highest BCUT2D eigenvalue weighted by Gasteiger charge is 2.37. The highest BCUT2D eigenvalue weighted by atomic mass is 16.3. The van der Waals surface area contributed by atoms with E-state index in [9.17, 15) is 15.3 Å². The van der Waals surface area contributed by atoms with E-state index in [2.05, 4.69) is 24.0 Å². The van der Waals surface area contributed by atoms with Gasteiger partial charge >= 0.3 is 0 Å². The molecule has 3 aromatic heterocycles. The number of rotatable bonds is 2. The Bertz CT molecular complexity index is 1560. The summed E-state index contributed by atoms with van der Waals surface area (Å²) in [5, 5.41) is 19.2. The zero-order valence-electron chi connectivity index (χ0n) is 18.7. The number of oxazole rings is 1. The van der Waals surface area contributed by atoms with Crippen LogP contribution in [0.4, 0.5) is 5.69 Å². The highest BCUT2D eigenvalue weighted by molar-refractivity contribution is 5.92. The molecule has 8 nitrogen and oxygen atoms in total. The number of pyridine rings is 2. The molecule has 1 saturated heterocycles. The summed E-state index contributed by atoms with van der Waals surface area (Å²) in [6.07, 6.45) is 1.47. The van der Waals surface area contributed by atoms with Gasteiger partial charge in [0.15, 0.2) is 5.58 Å². The molecule has 1 aromatic carbocycles. The van der Waals surface area contributed by atoms with Gasteiger partial charge in [0.2, 0.25) is 5.89 Å². The van der Waals surface area contributed by atoms with Crippen LogP contribution in [0.25, 0.3) is 22.1 Å². The molecule has 0 radical (unpaired) electrons. The molecule has 5 rings (SSSR count). The van der Waals surface area contributed by atoms with Gasteiger partial charge in [-0.15, -0.1) is 0 Å². The molecular formula is C25H22N6O2. The summed E-state index contributed by atoms with van der Waals surface area (Å²) in [6.45, 7) is 5.37. The van der Waals surface area contributed by atoms with E-state index in [-0.39, 0.29) is 22.2 Å². The van der Waals surface area contributed by atoms with Gasteiger partial charge in [-0.25, -0.2) is 9.97 Å². The second-order valence-corrected chi connectivity index (χ2v) is 8.91. The molecule has 1 aliphatic rings. The maximum Gasteiger partial charge on any atom is 0.270 e. The average Bonchev–Trinajstić information content (AvgIpc) is 3.26. The molecule has 164 valence electrons. The number of benzene rings is 1. The molecule has 1 fully saturated rings. The molecule has 0 unspecified atom stereocenters. The van der Waals surface area contributed by atoms with E-state index in [4.69, 9.17) is 9.40 Å². The van der Waals surface area contributed by atoms with E-state index in [1.807, 2.05) is 30.0 Å². The van der Waals surface area contributed by atoms with E-state index in [1.54, 1.807) is 19.2 Å². The van der Waals surface area contributed by atoms with Crippen molar-refractivity contribution in [3.05, 3.63) is 63.4 Å². The summed E-state index contributed by atoms with van der Waals surface area (Å²) in [6, 6.07) is 13.4. The molecule has 0 aliphatic carbocycles. The molecule has 0 atom stereocenters. The Morgan fingerprint density at radius 2 is 1.85 bits per heavy atom. The van der Waals surface area contributed by atoms with Gasteiger partial charge in [-0.2, -0.15) is 10.5 Å². The molecular weight excluding hydrogens is 416 g/mol. The fourth-order valence-electron chi connectivity index (χ4n) is 4.60. The lowest BCUT2D eigenvalue weighted by atomic mass is 9.80. The Morgan fingerprint density at radius 1 is 1.09 bits per heavy atom. The molecule has 4 heterocycles. The monoisotopic (exact) mass is 438 g/mol. The minimum absolute atomic E-state index is 0.0496. The third-order valence-corrected chi connectivity index (χ3v) is 6.68. The molecule has 0 bridgehead atoms. The van der Waals surface area contributed by atoms with Crippen LogP contribution in [0.3, 0.4) is 0 Å². The van der Waals surface area contributed by atoms with E-state index in [1.165, 1.54) is 4.57 Å². The highest BCUT2D eigenvalue weighted by Crippen LogP contribution is 2.39. The summed E-state index contributed by atoms with van der Waals surface area (Å²) >= 11 is 0. The first-order valence-electron chi connectivity index (χ1n) is 10.8. The summed E-state index contributed by atoms with van der Waals surface area (Å²) < 4.78 is 7.52. The van der Waals surface area contributed by atoms with Crippen LogP contribution in [-0.2, 0) is 12.5 Å². The number of fused-ring (bicyclic) bond motifs is 2. The minimum Gasteiger partial charge on any atom is -0.440 e. The van der Waals surface area contributed by atoms with Crippen LogP contribution in [0.15, 0.2) is 39.5 Å². The second-order valence-electron chi connectivity index (χ2n) is 8.91. The van der Waals surface area contributed by atoms with Gasteiger partial charge < -0.3 is 13.9 Å². The predicted molar refractivity (Wildman–Crippen MR) is 124 cm³/mol. The Hall–Kier alpha value is -4.17. The molecule has 0 spiro atoms. The van der Waals surface area contributed by atoms with Crippen LogP contribution in [0.1, 0.15) is 42.5 Å². The normalized spacial score (nSPS) is 15.5. The third-order valence-electron chi connectivity index (χ3n) is 6.68. The quantitative estimate of drug-likeness (QED) is 0.469. The van der Waals surface area contributed by atoms with Crippen molar-refractivity contribution in [3.8, 4) is 12.1 Å². The Morgan fingerprint density at radius 3 is 2.55 bits per heavy atom. The fourth-order valence-corrected chi connectivity index (χ4v) is 4.60. The van der Waals surface area contributed by atoms with Crippen LogP contribution < -0.4 is 10.5 Å². The van der Waals surface area contributed by atoms with E-state index in [0.29, 0.717) is 35.7 Å². The third kappa shape index (κ3) is 3.23. The molecule has 0 amide bonds. The van der Waals surface area contributed by atoms with Crippen LogP contribution in [0.5, 0.6) is 0 Å². The van der Waals surface area contributed by atoms with Gasteiger partial charge in [-0.3, -0.25) is 4.79 Å². The molecule has 0 saturated carbocycles. The first-order valence-corrected chi connectivity index (χ1v) is 10.8. The fraction of sp³-hybridized carbons (Fsp3) is 0.320. The lowest BCUT2D eigenvalue weighted by Gasteiger charge is -2.39. The average molecular weight is 438 g/mol. The lowest BCUT2D eigenvalue weighted by Crippen LogP contribution is -2.42. The Balaban J connectivity index is 1.55. The van der Waals surface area contributed by atoms with Crippen molar-refractivity contribution in [1.82, 2.24) is 14.5 Å². The first-order chi connectivity index (χ1) is 15.8.